The number of fused-ring (bicyclic) bond motifs is 3. The zero-order valence-corrected chi connectivity index (χ0v) is 19.5. The highest BCUT2D eigenvalue weighted by Gasteiger charge is 2.54. The fourth-order valence-corrected chi connectivity index (χ4v) is 5.42. The predicted molar refractivity (Wildman–Crippen MR) is 124 cm³/mol. The van der Waals surface area contributed by atoms with Crippen molar-refractivity contribution < 1.29 is 27.1 Å². The molecule has 0 amide bonds. The zero-order chi connectivity index (χ0) is 23.6. The van der Waals surface area contributed by atoms with E-state index in [4.69, 9.17) is 13.8 Å². The van der Waals surface area contributed by atoms with E-state index in [0.29, 0.717) is 6.54 Å². The number of methoxy groups -OCH3 is 1. The maximum atomic E-state index is 15.0. The quantitative estimate of drug-likeness (QED) is 0.257. The van der Waals surface area contributed by atoms with Gasteiger partial charge in [0.15, 0.2) is 0 Å². The Bertz CT molecular complexity index is 1310. The second-order valence-electron chi connectivity index (χ2n) is 7.41. The van der Waals surface area contributed by atoms with Gasteiger partial charge in [-0.1, -0.05) is 24.3 Å². The Balaban J connectivity index is 1.71. The number of alkyl halides is 2. The van der Waals surface area contributed by atoms with Crippen molar-refractivity contribution in [1.82, 2.24) is 9.55 Å². The van der Waals surface area contributed by atoms with Gasteiger partial charge >= 0.3 is 13.3 Å². The van der Waals surface area contributed by atoms with E-state index in [2.05, 4.69) is 9.55 Å². The van der Waals surface area contributed by atoms with Crippen molar-refractivity contribution in [2.24, 2.45) is 0 Å². The van der Waals surface area contributed by atoms with Crippen LogP contribution in [0.15, 0.2) is 60.8 Å². The first kappa shape index (κ1) is 23.4. The number of aromatic nitrogens is 2. The van der Waals surface area contributed by atoms with Crippen LogP contribution in [-0.2, 0) is 25.8 Å². The second-order valence-corrected chi connectivity index (χ2v) is 9.48. The molecule has 0 bridgehead atoms. The number of pyridine rings is 1. The van der Waals surface area contributed by atoms with Gasteiger partial charge in [0.25, 0.3) is 0 Å². The molecule has 174 valence electrons. The molecular formula is C24H25F2N2O4P. The molecule has 0 spiro atoms. The van der Waals surface area contributed by atoms with Crippen LogP contribution in [0.5, 0.6) is 5.75 Å². The van der Waals surface area contributed by atoms with Gasteiger partial charge in [0.05, 0.1) is 36.9 Å². The van der Waals surface area contributed by atoms with Gasteiger partial charge in [0, 0.05) is 23.7 Å². The smallest absolute Gasteiger partial charge is 0.404 e. The minimum atomic E-state index is -4.65. The van der Waals surface area contributed by atoms with Gasteiger partial charge in [-0.3, -0.25) is 9.55 Å². The van der Waals surface area contributed by atoms with Crippen LogP contribution in [0.1, 0.15) is 25.0 Å². The fourth-order valence-electron chi connectivity index (χ4n) is 3.88. The lowest BCUT2D eigenvalue weighted by molar-refractivity contribution is 0.0360. The van der Waals surface area contributed by atoms with E-state index in [1.54, 1.807) is 25.4 Å². The standard InChI is InChI=1S/C24H25F2N2O4P/c1-4-31-33(29,32-5-2)24(25,26)18-10-8-17(9-11-18)16-28-21-13-12-19(30-3)15-20(21)23-22(28)7-6-14-27-23/h6-15H,4-5,16H2,1-3H3. The predicted octanol–water partition coefficient (Wildman–Crippen LogP) is 6.56. The normalized spacial score (nSPS) is 12.5. The fraction of sp³-hybridized carbons (Fsp3) is 0.292. The van der Waals surface area contributed by atoms with Crippen LogP contribution >= 0.6 is 7.60 Å². The summed E-state index contributed by atoms with van der Waals surface area (Å²) in [6.07, 6.45) is 1.73. The molecule has 0 aliphatic heterocycles. The van der Waals surface area contributed by atoms with Crippen molar-refractivity contribution in [2.75, 3.05) is 20.3 Å². The first-order valence-electron chi connectivity index (χ1n) is 10.6. The molecule has 33 heavy (non-hydrogen) atoms. The number of ether oxygens (including phenoxy) is 1. The molecule has 0 saturated heterocycles. The summed E-state index contributed by atoms with van der Waals surface area (Å²) in [5.41, 5.74) is -0.654. The average Bonchev–Trinajstić information content (AvgIpc) is 3.12. The number of hydrogen-bond acceptors (Lipinski definition) is 5. The van der Waals surface area contributed by atoms with E-state index in [1.165, 1.54) is 26.0 Å². The Morgan fingerprint density at radius 2 is 1.70 bits per heavy atom. The van der Waals surface area contributed by atoms with Crippen LogP contribution in [-0.4, -0.2) is 29.9 Å². The Morgan fingerprint density at radius 1 is 1.00 bits per heavy atom. The second kappa shape index (κ2) is 9.21. The monoisotopic (exact) mass is 474 g/mol. The Labute approximate surface area is 190 Å². The minimum absolute atomic E-state index is 0.141. The lowest BCUT2D eigenvalue weighted by atomic mass is 10.1. The van der Waals surface area contributed by atoms with Crippen LogP contribution in [0.25, 0.3) is 21.9 Å². The lowest BCUT2D eigenvalue weighted by Gasteiger charge is -2.26. The van der Waals surface area contributed by atoms with Crippen molar-refractivity contribution in [2.45, 2.75) is 26.1 Å². The number of halogens is 2. The summed E-state index contributed by atoms with van der Waals surface area (Å²) in [4.78, 5) is 4.52. The van der Waals surface area contributed by atoms with E-state index >= 15 is 8.78 Å². The van der Waals surface area contributed by atoms with Gasteiger partial charge in [-0.2, -0.15) is 8.78 Å². The van der Waals surface area contributed by atoms with Crippen LogP contribution < -0.4 is 4.74 Å². The molecule has 0 aliphatic rings. The third-order valence-electron chi connectivity index (χ3n) is 5.41. The van der Waals surface area contributed by atoms with E-state index < -0.39 is 18.8 Å². The Kier molecular flexibility index (Phi) is 6.52. The summed E-state index contributed by atoms with van der Waals surface area (Å²) in [6, 6.07) is 15.3. The molecule has 9 heteroatoms. The zero-order valence-electron chi connectivity index (χ0n) is 18.6. The summed E-state index contributed by atoms with van der Waals surface area (Å²) in [6.45, 7) is 3.16. The maximum absolute atomic E-state index is 15.0. The first-order chi connectivity index (χ1) is 15.8. The molecule has 0 saturated carbocycles. The first-order valence-corrected chi connectivity index (χ1v) is 12.2. The molecule has 4 rings (SSSR count). The van der Waals surface area contributed by atoms with E-state index in [-0.39, 0.29) is 13.2 Å². The number of hydrogen-bond donors (Lipinski definition) is 0. The minimum Gasteiger partial charge on any atom is -0.497 e. The molecule has 6 nitrogen and oxygen atoms in total. The number of nitrogens with zero attached hydrogens (tertiary/aromatic N) is 2. The van der Waals surface area contributed by atoms with Crippen molar-refractivity contribution in [3.05, 3.63) is 71.9 Å². The molecule has 2 aromatic carbocycles. The van der Waals surface area contributed by atoms with Crippen molar-refractivity contribution >= 4 is 29.5 Å². The summed E-state index contributed by atoms with van der Waals surface area (Å²) in [5, 5.41) is 0.947. The SMILES string of the molecule is CCOP(=O)(OCC)C(F)(F)c1ccc(Cn2c3ccc(OC)cc3c3ncccc32)cc1. The van der Waals surface area contributed by atoms with Gasteiger partial charge in [0.1, 0.15) is 5.75 Å². The molecule has 4 aromatic rings. The third kappa shape index (κ3) is 4.14. The molecular weight excluding hydrogens is 449 g/mol. The van der Waals surface area contributed by atoms with Crippen LogP contribution in [0.3, 0.4) is 0 Å². The number of rotatable bonds is 9. The van der Waals surface area contributed by atoms with Gasteiger partial charge in [-0.25, -0.2) is 0 Å². The highest BCUT2D eigenvalue weighted by atomic mass is 31.2. The molecule has 0 fully saturated rings. The van der Waals surface area contributed by atoms with Gasteiger partial charge in [-0.05, 0) is 49.7 Å². The summed E-state index contributed by atoms with van der Waals surface area (Å²) >= 11 is 0. The van der Waals surface area contributed by atoms with Gasteiger partial charge in [-0.15, -0.1) is 0 Å². The van der Waals surface area contributed by atoms with E-state index in [0.717, 1.165) is 33.2 Å². The van der Waals surface area contributed by atoms with E-state index in [1.807, 2.05) is 30.3 Å². The van der Waals surface area contributed by atoms with Gasteiger partial charge in [0.2, 0.25) is 0 Å². The molecule has 0 unspecified atom stereocenters. The third-order valence-corrected chi connectivity index (χ3v) is 7.55. The topological polar surface area (TPSA) is 62.6 Å². The van der Waals surface area contributed by atoms with Crippen LogP contribution in [0, 0.1) is 0 Å². The lowest BCUT2D eigenvalue weighted by Crippen LogP contribution is -2.18. The highest BCUT2D eigenvalue weighted by Crippen LogP contribution is 2.66. The largest absolute Gasteiger partial charge is 0.497 e. The Morgan fingerprint density at radius 3 is 2.33 bits per heavy atom. The Hall–Kier alpha value is -2.80. The van der Waals surface area contributed by atoms with Crippen molar-refractivity contribution in [1.29, 1.82) is 0 Å². The molecule has 0 N–H and O–H groups in total. The average molecular weight is 474 g/mol. The van der Waals surface area contributed by atoms with Crippen LogP contribution in [0.2, 0.25) is 0 Å². The number of benzene rings is 2. The summed E-state index contributed by atoms with van der Waals surface area (Å²) in [7, 11) is -3.04. The van der Waals surface area contributed by atoms with E-state index in [9.17, 15) is 4.57 Å². The maximum Gasteiger partial charge on any atom is 0.404 e. The van der Waals surface area contributed by atoms with Crippen molar-refractivity contribution in [3.63, 3.8) is 0 Å². The molecule has 0 aliphatic carbocycles. The van der Waals surface area contributed by atoms with Crippen molar-refractivity contribution in [3.8, 4) is 5.75 Å². The molecule has 2 aromatic heterocycles. The molecule has 0 atom stereocenters. The summed E-state index contributed by atoms with van der Waals surface area (Å²) in [5.74, 6) is 0.729. The summed E-state index contributed by atoms with van der Waals surface area (Å²) < 4.78 is 60.0. The van der Waals surface area contributed by atoms with Crippen LogP contribution in [0.4, 0.5) is 8.78 Å². The molecule has 0 radical (unpaired) electrons. The van der Waals surface area contributed by atoms with Gasteiger partial charge < -0.3 is 18.4 Å². The highest BCUT2D eigenvalue weighted by molar-refractivity contribution is 7.54. The molecule has 2 heterocycles.